The van der Waals surface area contributed by atoms with E-state index < -0.39 is 5.60 Å². The molecule has 1 saturated carbocycles. The summed E-state index contributed by atoms with van der Waals surface area (Å²) < 4.78 is 0. The van der Waals surface area contributed by atoms with Crippen molar-refractivity contribution in [2.75, 3.05) is 6.54 Å². The highest BCUT2D eigenvalue weighted by Gasteiger charge is 2.28. The highest BCUT2D eigenvalue weighted by atomic mass is 32.1. The molecule has 0 aromatic carbocycles. The largest absolute Gasteiger partial charge is 0.388 e. The van der Waals surface area contributed by atoms with Crippen LogP contribution in [0.1, 0.15) is 51.2 Å². The van der Waals surface area contributed by atoms with Gasteiger partial charge in [0, 0.05) is 29.8 Å². The minimum Gasteiger partial charge on any atom is -0.388 e. The number of nitrogens with one attached hydrogen (secondary N) is 1. The van der Waals surface area contributed by atoms with Crippen LogP contribution in [0.2, 0.25) is 0 Å². The molecular formula is C14H24N2OS. The zero-order chi connectivity index (χ0) is 13.4. The third kappa shape index (κ3) is 4.04. The molecule has 1 unspecified atom stereocenters. The van der Waals surface area contributed by atoms with E-state index in [-0.39, 0.29) is 5.41 Å². The van der Waals surface area contributed by atoms with Gasteiger partial charge in [-0.25, -0.2) is 4.98 Å². The minimum absolute atomic E-state index is 0.0901. The molecule has 1 aliphatic rings. The fraction of sp³-hybridized carbons (Fsp3) is 0.786. The predicted molar refractivity (Wildman–Crippen MR) is 76.2 cm³/mol. The van der Waals surface area contributed by atoms with Gasteiger partial charge < -0.3 is 10.4 Å². The maximum atomic E-state index is 10.4. The second-order valence-corrected chi connectivity index (χ2v) is 7.65. The number of rotatable bonds is 5. The van der Waals surface area contributed by atoms with Crippen molar-refractivity contribution in [3.8, 4) is 0 Å². The number of aromatic nitrogens is 1. The van der Waals surface area contributed by atoms with Gasteiger partial charge in [-0.15, -0.1) is 11.3 Å². The normalized spacial score (nSPS) is 19.8. The lowest BCUT2D eigenvalue weighted by molar-refractivity contribution is 0.0596. The van der Waals surface area contributed by atoms with E-state index in [1.165, 1.54) is 12.8 Å². The predicted octanol–water partition coefficient (Wildman–Crippen LogP) is 2.49. The fourth-order valence-corrected chi connectivity index (χ4v) is 2.98. The fourth-order valence-electron chi connectivity index (χ4n) is 1.78. The lowest BCUT2D eigenvalue weighted by Crippen LogP contribution is -2.40. The van der Waals surface area contributed by atoms with Crippen LogP contribution in [0.3, 0.4) is 0 Å². The van der Waals surface area contributed by atoms with Crippen molar-refractivity contribution in [1.29, 1.82) is 0 Å². The molecule has 2 N–H and O–H groups in total. The van der Waals surface area contributed by atoms with E-state index in [0.29, 0.717) is 19.0 Å². The summed E-state index contributed by atoms with van der Waals surface area (Å²) in [6, 6.07) is 0.637. The van der Waals surface area contributed by atoms with Crippen LogP contribution in [0.25, 0.3) is 0 Å². The Morgan fingerprint density at radius 3 is 2.56 bits per heavy atom. The molecule has 4 heteroatoms. The number of hydrogen-bond acceptors (Lipinski definition) is 4. The number of aliphatic hydroxyl groups is 1. The first kappa shape index (κ1) is 14.0. The van der Waals surface area contributed by atoms with E-state index in [2.05, 4.69) is 36.5 Å². The minimum atomic E-state index is -0.699. The maximum Gasteiger partial charge on any atom is 0.0957 e. The van der Waals surface area contributed by atoms with Crippen molar-refractivity contribution >= 4 is 11.3 Å². The van der Waals surface area contributed by atoms with Gasteiger partial charge in [-0.3, -0.25) is 0 Å². The molecule has 0 amide bonds. The van der Waals surface area contributed by atoms with Gasteiger partial charge >= 0.3 is 0 Å². The first-order valence-electron chi connectivity index (χ1n) is 6.67. The summed E-state index contributed by atoms with van der Waals surface area (Å²) in [5, 5.41) is 16.9. The molecule has 18 heavy (non-hydrogen) atoms. The Morgan fingerprint density at radius 1 is 1.39 bits per heavy atom. The summed E-state index contributed by atoms with van der Waals surface area (Å²) >= 11 is 1.65. The van der Waals surface area contributed by atoms with Crippen LogP contribution in [0.15, 0.2) is 5.38 Å². The lowest BCUT2D eigenvalue weighted by atomic mass is 9.93. The summed E-state index contributed by atoms with van der Waals surface area (Å²) in [5.74, 6) is 0. The second kappa shape index (κ2) is 4.91. The van der Waals surface area contributed by atoms with Gasteiger partial charge in [0.25, 0.3) is 0 Å². The summed E-state index contributed by atoms with van der Waals surface area (Å²) in [7, 11) is 0. The van der Waals surface area contributed by atoms with Crippen molar-refractivity contribution in [3.05, 3.63) is 16.1 Å². The van der Waals surface area contributed by atoms with E-state index in [0.717, 1.165) is 10.7 Å². The zero-order valence-corrected chi connectivity index (χ0v) is 12.6. The standard InChI is InChI=1S/C14H24N2OS/c1-13(2,3)11-8-18-12(16-11)7-14(4,17)9-15-10-5-6-10/h8,10,15,17H,5-7,9H2,1-4H3. The highest BCUT2D eigenvalue weighted by molar-refractivity contribution is 7.09. The Hall–Kier alpha value is -0.450. The maximum absolute atomic E-state index is 10.4. The molecule has 0 spiro atoms. The monoisotopic (exact) mass is 268 g/mol. The van der Waals surface area contributed by atoms with E-state index in [4.69, 9.17) is 0 Å². The summed E-state index contributed by atoms with van der Waals surface area (Å²) in [4.78, 5) is 4.64. The van der Waals surface area contributed by atoms with E-state index in [1.54, 1.807) is 11.3 Å². The average molecular weight is 268 g/mol. The van der Waals surface area contributed by atoms with Crippen LogP contribution in [0.5, 0.6) is 0 Å². The van der Waals surface area contributed by atoms with Gasteiger partial charge in [0.2, 0.25) is 0 Å². The molecule has 0 radical (unpaired) electrons. The smallest absolute Gasteiger partial charge is 0.0957 e. The molecule has 1 fully saturated rings. The lowest BCUT2D eigenvalue weighted by Gasteiger charge is -2.22. The first-order chi connectivity index (χ1) is 8.26. The van der Waals surface area contributed by atoms with Crippen LogP contribution in [0.4, 0.5) is 0 Å². The Labute approximate surface area is 114 Å². The molecule has 0 bridgehead atoms. The van der Waals surface area contributed by atoms with Crippen molar-refractivity contribution in [2.24, 2.45) is 0 Å². The second-order valence-electron chi connectivity index (χ2n) is 6.71. The third-order valence-corrected chi connectivity index (χ3v) is 4.05. The molecule has 1 aromatic heterocycles. The Morgan fingerprint density at radius 2 is 2.06 bits per heavy atom. The van der Waals surface area contributed by atoms with E-state index in [9.17, 15) is 5.11 Å². The number of thiazole rings is 1. The van der Waals surface area contributed by atoms with E-state index >= 15 is 0 Å². The molecule has 0 aliphatic heterocycles. The Bertz CT molecular complexity index is 402. The zero-order valence-electron chi connectivity index (χ0n) is 11.8. The quantitative estimate of drug-likeness (QED) is 0.862. The van der Waals surface area contributed by atoms with Crippen LogP contribution in [0, 0.1) is 0 Å². The van der Waals surface area contributed by atoms with Crippen LogP contribution < -0.4 is 5.32 Å². The Kier molecular flexibility index (Phi) is 3.81. The van der Waals surface area contributed by atoms with Gasteiger partial charge in [-0.1, -0.05) is 20.8 Å². The number of nitrogens with zero attached hydrogens (tertiary/aromatic N) is 1. The summed E-state index contributed by atoms with van der Waals surface area (Å²) in [6.07, 6.45) is 3.14. The highest BCUT2D eigenvalue weighted by Crippen LogP contribution is 2.26. The van der Waals surface area contributed by atoms with E-state index in [1.807, 2.05) is 6.92 Å². The van der Waals surface area contributed by atoms with Crippen LogP contribution in [-0.2, 0) is 11.8 Å². The van der Waals surface area contributed by atoms with Crippen LogP contribution >= 0.6 is 11.3 Å². The summed E-state index contributed by atoms with van der Waals surface area (Å²) in [5.41, 5.74) is 0.510. The van der Waals surface area contributed by atoms with Crippen molar-refractivity contribution in [1.82, 2.24) is 10.3 Å². The topological polar surface area (TPSA) is 45.1 Å². The van der Waals surface area contributed by atoms with Gasteiger partial charge in [0.15, 0.2) is 0 Å². The SMILES string of the molecule is CC(O)(CNC1CC1)Cc1nc(C(C)(C)C)cs1. The van der Waals surface area contributed by atoms with Crippen molar-refractivity contribution < 1.29 is 5.11 Å². The molecule has 1 aromatic rings. The molecule has 3 nitrogen and oxygen atoms in total. The van der Waals surface area contributed by atoms with Gasteiger partial charge in [0.05, 0.1) is 16.3 Å². The molecule has 2 rings (SSSR count). The average Bonchev–Trinajstić information content (AvgIpc) is 2.94. The van der Waals surface area contributed by atoms with Crippen molar-refractivity contribution in [3.63, 3.8) is 0 Å². The molecule has 1 heterocycles. The molecule has 1 atom stereocenters. The number of hydrogen-bond donors (Lipinski definition) is 2. The first-order valence-corrected chi connectivity index (χ1v) is 7.55. The Balaban J connectivity index is 1.92. The molecule has 0 saturated heterocycles. The summed E-state index contributed by atoms with van der Waals surface area (Å²) in [6.45, 7) is 9.04. The molecule has 1 aliphatic carbocycles. The molecule has 102 valence electrons. The van der Waals surface area contributed by atoms with Gasteiger partial charge in [-0.05, 0) is 19.8 Å². The van der Waals surface area contributed by atoms with Crippen LogP contribution in [-0.4, -0.2) is 28.3 Å². The van der Waals surface area contributed by atoms with Gasteiger partial charge in [-0.2, -0.15) is 0 Å². The van der Waals surface area contributed by atoms with Crippen molar-refractivity contribution in [2.45, 2.75) is 64.0 Å². The van der Waals surface area contributed by atoms with Gasteiger partial charge in [0.1, 0.15) is 0 Å². The third-order valence-electron chi connectivity index (χ3n) is 3.20. The molecular weight excluding hydrogens is 244 g/mol.